The van der Waals surface area contributed by atoms with Crippen LogP contribution in [0.25, 0.3) is 11.1 Å². The molecule has 0 saturated carbocycles. The lowest BCUT2D eigenvalue weighted by atomic mass is 9.86. The predicted octanol–water partition coefficient (Wildman–Crippen LogP) is 5.93. The number of hydrogen-bond acceptors (Lipinski definition) is 2. The van der Waals surface area contributed by atoms with Crippen molar-refractivity contribution in [3.63, 3.8) is 0 Å². The molecular weight excluding hydrogens is 394 g/mol. The molecule has 2 N–H and O–H groups in total. The van der Waals surface area contributed by atoms with Crippen molar-refractivity contribution in [3.05, 3.63) is 101 Å². The zero-order valence-electron chi connectivity index (χ0n) is 19.8. The van der Waals surface area contributed by atoms with Crippen molar-refractivity contribution in [3.8, 4) is 5.75 Å². The summed E-state index contributed by atoms with van der Waals surface area (Å²) in [7, 11) is 6.68. The van der Waals surface area contributed by atoms with E-state index in [0.717, 1.165) is 39.7 Å². The Bertz CT molecular complexity index is 1010. The number of aliphatic hydroxyl groups excluding tert-OH is 1. The molecule has 0 heterocycles. The average Bonchev–Trinajstić information content (AvgIpc) is 2.77. The molecule has 3 aromatic rings. The summed E-state index contributed by atoms with van der Waals surface area (Å²) in [4.78, 5) is 0. The SMILES string of the molecule is CC(C[N+](C)(C)C)c1ccc(/C(=C(/CCCO)c2ccccc2)c2ccc(O)cc2)cc1. The summed E-state index contributed by atoms with van der Waals surface area (Å²) in [6.07, 6.45) is 1.47. The van der Waals surface area contributed by atoms with Gasteiger partial charge in [0.25, 0.3) is 0 Å². The molecule has 3 heteroatoms. The Hall–Kier alpha value is -2.88. The standard InChI is InChI=1S/C29H35NO2/c1-22(21-30(2,3)4)23-12-14-25(15-13-23)29(26-16-18-27(32)19-17-26)28(11-8-20-31)24-9-6-5-7-10-24/h5-7,9-10,12-19,22,31H,8,11,20-21H2,1-4H3/p+1/b29-28+. The van der Waals surface area contributed by atoms with E-state index in [9.17, 15) is 10.2 Å². The number of phenols is 1. The lowest BCUT2D eigenvalue weighted by Crippen LogP contribution is -2.37. The van der Waals surface area contributed by atoms with Crippen molar-refractivity contribution < 1.29 is 14.7 Å². The van der Waals surface area contributed by atoms with E-state index in [2.05, 4.69) is 76.6 Å². The molecule has 1 unspecified atom stereocenters. The van der Waals surface area contributed by atoms with Gasteiger partial charge in [-0.15, -0.1) is 0 Å². The summed E-state index contributed by atoms with van der Waals surface area (Å²) in [5.41, 5.74) is 7.06. The van der Waals surface area contributed by atoms with E-state index in [1.165, 1.54) is 11.1 Å². The van der Waals surface area contributed by atoms with Crippen molar-refractivity contribution >= 4 is 11.1 Å². The van der Waals surface area contributed by atoms with Gasteiger partial charge < -0.3 is 14.7 Å². The van der Waals surface area contributed by atoms with Gasteiger partial charge >= 0.3 is 0 Å². The lowest BCUT2D eigenvalue weighted by Gasteiger charge is -2.27. The molecule has 0 aromatic heterocycles. The lowest BCUT2D eigenvalue weighted by molar-refractivity contribution is -0.871. The Labute approximate surface area is 192 Å². The summed E-state index contributed by atoms with van der Waals surface area (Å²) >= 11 is 0. The van der Waals surface area contributed by atoms with Crippen LogP contribution in [0, 0.1) is 0 Å². The van der Waals surface area contributed by atoms with Crippen LogP contribution in [0.3, 0.4) is 0 Å². The quantitative estimate of drug-likeness (QED) is 0.326. The van der Waals surface area contributed by atoms with E-state index in [1.807, 2.05) is 18.2 Å². The highest BCUT2D eigenvalue weighted by atomic mass is 16.3. The molecule has 0 aliphatic carbocycles. The Morgan fingerprint density at radius 2 is 1.34 bits per heavy atom. The van der Waals surface area contributed by atoms with Gasteiger partial charge in [0.15, 0.2) is 0 Å². The predicted molar refractivity (Wildman–Crippen MR) is 135 cm³/mol. The number of benzene rings is 3. The zero-order valence-corrected chi connectivity index (χ0v) is 19.8. The monoisotopic (exact) mass is 430 g/mol. The van der Waals surface area contributed by atoms with Crippen LogP contribution in [0.5, 0.6) is 5.75 Å². The van der Waals surface area contributed by atoms with Crippen LogP contribution in [0.2, 0.25) is 0 Å². The van der Waals surface area contributed by atoms with Crippen LogP contribution < -0.4 is 0 Å². The molecule has 3 nitrogen and oxygen atoms in total. The molecule has 0 aliphatic heterocycles. The Balaban J connectivity index is 2.12. The molecule has 0 fully saturated rings. The van der Waals surface area contributed by atoms with Gasteiger partial charge in [0, 0.05) is 12.5 Å². The zero-order chi connectivity index (χ0) is 23.1. The van der Waals surface area contributed by atoms with Crippen molar-refractivity contribution in [1.29, 1.82) is 0 Å². The number of allylic oxidation sites excluding steroid dienone is 1. The molecule has 0 spiro atoms. The summed E-state index contributed by atoms with van der Waals surface area (Å²) in [6.45, 7) is 3.51. The van der Waals surface area contributed by atoms with Gasteiger partial charge in [-0.3, -0.25) is 0 Å². The van der Waals surface area contributed by atoms with Crippen LogP contribution >= 0.6 is 0 Å². The van der Waals surface area contributed by atoms with Crippen molar-refractivity contribution in [2.24, 2.45) is 0 Å². The molecule has 1 atom stereocenters. The maximum Gasteiger partial charge on any atom is 0.115 e. The Kier molecular flexibility index (Phi) is 7.89. The third kappa shape index (κ3) is 6.32. The first-order chi connectivity index (χ1) is 15.3. The minimum absolute atomic E-state index is 0.153. The molecule has 0 aliphatic rings. The normalized spacial score (nSPS) is 13.5. The molecule has 0 amide bonds. The first kappa shape index (κ1) is 23.8. The molecule has 0 bridgehead atoms. The summed E-state index contributed by atoms with van der Waals surface area (Å²) in [5.74, 6) is 0.724. The molecule has 3 rings (SSSR count). The van der Waals surface area contributed by atoms with Gasteiger partial charge in [0.1, 0.15) is 5.75 Å². The van der Waals surface area contributed by atoms with Gasteiger partial charge in [-0.2, -0.15) is 0 Å². The first-order valence-corrected chi connectivity index (χ1v) is 11.4. The highest BCUT2D eigenvalue weighted by Gasteiger charge is 2.18. The first-order valence-electron chi connectivity index (χ1n) is 11.4. The number of likely N-dealkylation sites (N-methyl/N-ethyl adjacent to an activating group) is 1. The van der Waals surface area contributed by atoms with E-state index >= 15 is 0 Å². The maximum absolute atomic E-state index is 9.85. The molecule has 3 aromatic carbocycles. The minimum Gasteiger partial charge on any atom is -0.508 e. The number of aliphatic hydroxyl groups is 1. The fourth-order valence-corrected chi connectivity index (χ4v) is 4.36. The van der Waals surface area contributed by atoms with Crippen molar-refractivity contribution in [1.82, 2.24) is 0 Å². The molecule has 32 heavy (non-hydrogen) atoms. The van der Waals surface area contributed by atoms with Crippen LogP contribution in [0.4, 0.5) is 0 Å². The van der Waals surface area contributed by atoms with Crippen LogP contribution in [-0.4, -0.2) is 49.0 Å². The van der Waals surface area contributed by atoms with Gasteiger partial charge in [-0.05, 0) is 58.4 Å². The number of quaternary nitrogens is 1. The van der Waals surface area contributed by atoms with Gasteiger partial charge in [0.05, 0.1) is 27.7 Å². The largest absolute Gasteiger partial charge is 0.508 e. The van der Waals surface area contributed by atoms with E-state index < -0.39 is 0 Å². The van der Waals surface area contributed by atoms with Gasteiger partial charge in [0.2, 0.25) is 0 Å². The highest BCUT2D eigenvalue weighted by molar-refractivity contribution is 5.98. The summed E-state index contributed by atoms with van der Waals surface area (Å²) in [6, 6.07) is 26.7. The van der Waals surface area contributed by atoms with E-state index in [0.29, 0.717) is 12.3 Å². The summed E-state index contributed by atoms with van der Waals surface area (Å²) < 4.78 is 0.931. The number of aromatic hydroxyl groups is 1. The Morgan fingerprint density at radius 1 is 0.781 bits per heavy atom. The second kappa shape index (κ2) is 10.6. The third-order valence-corrected chi connectivity index (χ3v) is 5.75. The topological polar surface area (TPSA) is 40.5 Å². The van der Waals surface area contributed by atoms with E-state index in [-0.39, 0.29) is 12.4 Å². The van der Waals surface area contributed by atoms with Crippen molar-refractivity contribution in [2.75, 3.05) is 34.3 Å². The van der Waals surface area contributed by atoms with Crippen molar-refractivity contribution in [2.45, 2.75) is 25.7 Å². The molecule has 168 valence electrons. The fourth-order valence-electron chi connectivity index (χ4n) is 4.36. The number of phenolic OH excluding ortho intramolecular Hbond substituents is 1. The Morgan fingerprint density at radius 3 is 1.88 bits per heavy atom. The minimum atomic E-state index is 0.153. The van der Waals surface area contributed by atoms with Crippen LogP contribution in [0.1, 0.15) is 47.9 Å². The van der Waals surface area contributed by atoms with Crippen LogP contribution in [0.15, 0.2) is 78.9 Å². The second-order valence-electron chi connectivity index (χ2n) is 9.59. The van der Waals surface area contributed by atoms with Gasteiger partial charge in [-0.1, -0.05) is 73.7 Å². The molecule has 0 radical (unpaired) electrons. The highest BCUT2D eigenvalue weighted by Crippen LogP contribution is 2.36. The number of rotatable bonds is 9. The van der Waals surface area contributed by atoms with Gasteiger partial charge in [-0.25, -0.2) is 0 Å². The number of hydrogen-bond donors (Lipinski definition) is 2. The van der Waals surface area contributed by atoms with Crippen LogP contribution in [-0.2, 0) is 0 Å². The summed E-state index contributed by atoms with van der Waals surface area (Å²) in [5, 5.41) is 19.4. The van der Waals surface area contributed by atoms with E-state index in [1.54, 1.807) is 12.1 Å². The maximum atomic E-state index is 9.85. The third-order valence-electron chi connectivity index (χ3n) is 5.75. The smallest absolute Gasteiger partial charge is 0.115 e. The van der Waals surface area contributed by atoms with E-state index in [4.69, 9.17) is 0 Å². The molecule has 0 saturated heterocycles. The molecular formula is C29H36NO2+. The average molecular weight is 431 g/mol. The number of nitrogens with zero attached hydrogens (tertiary/aromatic N) is 1. The second-order valence-corrected chi connectivity index (χ2v) is 9.59. The fraction of sp³-hybridized carbons (Fsp3) is 0.310.